The molecule has 2 aliphatic rings. The van der Waals surface area contributed by atoms with Gasteiger partial charge in [-0.1, -0.05) is 24.3 Å². The van der Waals surface area contributed by atoms with E-state index in [0.717, 1.165) is 24.9 Å². The van der Waals surface area contributed by atoms with E-state index in [1.165, 1.54) is 5.56 Å². The molecule has 18 heavy (non-hydrogen) atoms. The van der Waals surface area contributed by atoms with Crippen LogP contribution in [0.1, 0.15) is 29.9 Å². The zero-order chi connectivity index (χ0) is 12.4. The first kappa shape index (κ1) is 11.5. The van der Waals surface area contributed by atoms with Gasteiger partial charge in [-0.15, -0.1) is 0 Å². The second-order valence-electron chi connectivity index (χ2n) is 4.81. The molecule has 2 aliphatic heterocycles. The maximum absolute atomic E-state index is 12.5. The van der Waals surface area contributed by atoms with Gasteiger partial charge in [0.05, 0.1) is 12.5 Å². The highest BCUT2D eigenvalue weighted by atomic mass is 16.5. The fraction of sp³-hybridized carbons (Fsp3) is 0.400. The Bertz CT molecular complexity index is 493. The molecule has 3 heteroatoms. The second kappa shape index (κ2) is 4.94. The lowest BCUT2D eigenvalue weighted by Gasteiger charge is -2.26. The standard InChI is InChI=1S/C15H17NO2/c17-15(14-7-3-4-8-18-14)13-10-16-9-11-5-1-2-6-12(11)13/h1-2,5-7,13,16H,3-4,8-10H2. The van der Waals surface area contributed by atoms with Crippen molar-refractivity contribution in [2.75, 3.05) is 13.2 Å². The number of ketones is 1. The monoisotopic (exact) mass is 243 g/mol. The molecule has 0 aliphatic carbocycles. The van der Waals surface area contributed by atoms with Crippen molar-refractivity contribution in [2.45, 2.75) is 25.3 Å². The van der Waals surface area contributed by atoms with Crippen LogP contribution in [0.3, 0.4) is 0 Å². The third kappa shape index (κ3) is 2.06. The fourth-order valence-electron chi connectivity index (χ4n) is 2.63. The first-order valence-electron chi connectivity index (χ1n) is 6.52. The van der Waals surface area contributed by atoms with Crippen molar-refractivity contribution >= 4 is 5.78 Å². The summed E-state index contributed by atoms with van der Waals surface area (Å²) >= 11 is 0. The molecule has 1 aromatic rings. The number of Topliss-reactive ketones (excluding diaryl/α,β-unsaturated/α-hetero) is 1. The minimum atomic E-state index is -0.0979. The van der Waals surface area contributed by atoms with Crippen LogP contribution in [0.5, 0.6) is 0 Å². The van der Waals surface area contributed by atoms with Gasteiger partial charge in [0.1, 0.15) is 0 Å². The van der Waals surface area contributed by atoms with E-state index in [1.54, 1.807) is 0 Å². The first-order valence-corrected chi connectivity index (χ1v) is 6.52. The SMILES string of the molecule is O=C(C1=CCCCO1)C1CNCc2ccccc21. The molecule has 2 heterocycles. The Morgan fingerprint density at radius 2 is 2.22 bits per heavy atom. The van der Waals surface area contributed by atoms with E-state index in [1.807, 2.05) is 18.2 Å². The molecule has 0 bridgehead atoms. The smallest absolute Gasteiger partial charge is 0.205 e. The second-order valence-corrected chi connectivity index (χ2v) is 4.81. The summed E-state index contributed by atoms with van der Waals surface area (Å²) in [5.41, 5.74) is 2.37. The summed E-state index contributed by atoms with van der Waals surface area (Å²) in [6.07, 6.45) is 3.89. The number of fused-ring (bicyclic) bond motifs is 1. The highest BCUT2D eigenvalue weighted by Gasteiger charge is 2.29. The van der Waals surface area contributed by atoms with Gasteiger partial charge in [-0.3, -0.25) is 4.79 Å². The number of carbonyl (C=O) groups is 1. The molecule has 3 rings (SSSR count). The van der Waals surface area contributed by atoms with Gasteiger partial charge in [0.25, 0.3) is 0 Å². The van der Waals surface area contributed by atoms with Gasteiger partial charge in [0.2, 0.25) is 5.78 Å². The van der Waals surface area contributed by atoms with Gasteiger partial charge >= 0.3 is 0 Å². The molecule has 94 valence electrons. The number of benzene rings is 1. The van der Waals surface area contributed by atoms with Crippen molar-refractivity contribution < 1.29 is 9.53 Å². The highest BCUT2D eigenvalue weighted by Crippen LogP contribution is 2.28. The van der Waals surface area contributed by atoms with Crippen molar-refractivity contribution in [3.05, 3.63) is 47.2 Å². The molecular weight excluding hydrogens is 226 g/mol. The van der Waals surface area contributed by atoms with Crippen LogP contribution in [0.4, 0.5) is 0 Å². The fourth-order valence-corrected chi connectivity index (χ4v) is 2.63. The Morgan fingerprint density at radius 3 is 3.06 bits per heavy atom. The van der Waals surface area contributed by atoms with E-state index < -0.39 is 0 Å². The van der Waals surface area contributed by atoms with Gasteiger partial charge in [-0.05, 0) is 30.0 Å². The summed E-state index contributed by atoms with van der Waals surface area (Å²) in [5, 5.41) is 3.31. The number of hydrogen-bond acceptors (Lipinski definition) is 3. The van der Waals surface area contributed by atoms with Crippen LogP contribution in [-0.4, -0.2) is 18.9 Å². The van der Waals surface area contributed by atoms with E-state index in [9.17, 15) is 4.79 Å². The van der Waals surface area contributed by atoms with Crippen LogP contribution < -0.4 is 5.32 Å². The summed E-state index contributed by atoms with van der Waals surface area (Å²) in [6.45, 7) is 2.22. The van der Waals surface area contributed by atoms with E-state index in [4.69, 9.17) is 4.74 Å². The van der Waals surface area contributed by atoms with Crippen LogP contribution >= 0.6 is 0 Å². The lowest BCUT2D eigenvalue weighted by molar-refractivity contribution is -0.120. The molecule has 1 atom stereocenters. The average molecular weight is 243 g/mol. The van der Waals surface area contributed by atoms with Crippen molar-refractivity contribution in [2.24, 2.45) is 0 Å². The quantitative estimate of drug-likeness (QED) is 0.864. The average Bonchev–Trinajstić information content (AvgIpc) is 2.47. The number of ether oxygens (including phenoxy) is 1. The van der Waals surface area contributed by atoms with E-state index >= 15 is 0 Å². The van der Waals surface area contributed by atoms with E-state index in [2.05, 4.69) is 17.4 Å². The summed E-state index contributed by atoms with van der Waals surface area (Å²) in [6, 6.07) is 8.16. The highest BCUT2D eigenvalue weighted by molar-refractivity contribution is 5.99. The summed E-state index contributed by atoms with van der Waals surface area (Å²) in [5.74, 6) is 0.582. The van der Waals surface area contributed by atoms with Gasteiger partial charge in [-0.2, -0.15) is 0 Å². The minimum Gasteiger partial charge on any atom is -0.490 e. The van der Waals surface area contributed by atoms with Crippen LogP contribution in [-0.2, 0) is 16.1 Å². The van der Waals surface area contributed by atoms with Gasteiger partial charge in [-0.25, -0.2) is 0 Å². The molecule has 0 saturated carbocycles. The van der Waals surface area contributed by atoms with Crippen LogP contribution in [0.25, 0.3) is 0 Å². The predicted octanol–water partition coefficient (Wildman–Crippen LogP) is 2.14. The van der Waals surface area contributed by atoms with E-state index in [0.29, 0.717) is 18.9 Å². The molecule has 1 N–H and O–H groups in total. The van der Waals surface area contributed by atoms with Crippen molar-refractivity contribution in [3.63, 3.8) is 0 Å². The Hall–Kier alpha value is -1.61. The molecule has 0 radical (unpaired) electrons. The summed E-state index contributed by atoms with van der Waals surface area (Å²) in [4.78, 5) is 12.5. The number of hydrogen-bond donors (Lipinski definition) is 1. The molecule has 3 nitrogen and oxygen atoms in total. The molecular formula is C15H17NO2. The van der Waals surface area contributed by atoms with Gasteiger partial charge in [0, 0.05) is 13.1 Å². The topological polar surface area (TPSA) is 38.3 Å². The third-order valence-corrected chi connectivity index (χ3v) is 3.59. The molecule has 0 aromatic heterocycles. The zero-order valence-corrected chi connectivity index (χ0v) is 10.3. The largest absolute Gasteiger partial charge is 0.490 e. The Morgan fingerprint density at radius 1 is 1.33 bits per heavy atom. The van der Waals surface area contributed by atoms with Crippen molar-refractivity contribution in [1.29, 1.82) is 0 Å². The molecule has 1 unspecified atom stereocenters. The Labute approximate surface area is 107 Å². The molecule has 0 fully saturated rings. The Kier molecular flexibility index (Phi) is 3.15. The maximum Gasteiger partial charge on any atom is 0.205 e. The summed E-state index contributed by atoms with van der Waals surface area (Å²) in [7, 11) is 0. The van der Waals surface area contributed by atoms with Crippen molar-refractivity contribution in [1.82, 2.24) is 5.32 Å². The van der Waals surface area contributed by atoms with Crippen LogP contribution in [0, 0.1) is 0 Å². The lowest BCUT2D eigenvalue weighted by atomic mass is 9.87. The van der Waals surface area contributed by atoms with E-state index in [-0.39, 0.29) is 11.7 Å². The number of allylic oxidation sites excluding steroid dienone is 2. The number of carbonyl (C=O) groups excluding carboxylic acids is 1. The molecule has 0 amide bonds. The van der Waals surface area contributed by atoms with Crippen LogP contribution in [0.2, 0.25) is 0 Å². The van der Waals surface area contributed by atoms with Gasteiger partial charge < -0.3 is 10.1 Å². The molecule has 0 saturated heterocycles. The predicted molar refractivity (Wildman–Crippen MR) is 69.2 cm³/mol. The first-order chi connectivity index (χ1) is 8.86. The molecule has 1 aromatic carbocycles. The van der Waals surface area contributed by atoms with Crippen molar-refractivity contribution in [3.8, 4) is 0 Å². The zero-order valence-electron chi connectivity index (χ0n) is 10.3. The Balaban J connectivity index is 1.89. The number of nitrogens with one attached hydrogen (secondary N) is 1. The molecule has 0 spiro atoms. The van der Waals surface area contributed by atoms with Gasteiger partial charge in [0.15, 0.2) is 5.76 Å². The van der Waals surface area contributed by atoms with Crippen LogP contribution in [0.15, 0.2) is 36.1 Å². The summed E-state index contributed by atoms with van der Waals surface area (Å²) < 4.78 is 5.49. The third-order valence-electron chi connectivity index (χ3n) is 3.59. The maximum atomic E-state index is 12.5. The minimum absolute atomic E-state index is 0.0979. The normalized spacial score (nSPS) is 22.7. The number of rotatable bonds is 2. The lowest BCUT2D eigenvalue weighted by Crippen LogP contribution is -2.34.